The summed E-state index contributed by atoms with van der Waals surface area (Å²) < 4.78 is 0. The summed E-state index contributed by atoms with van der Waals surface area (Å²) in [6, 6.07) is 0. The monoisotopic (exact) mass is 110 g/mol. The maximum atomic E-state index is 9.97. The third kappa shape index (κ3) is 0.932. The number of nitrogens with zero attached hydrogens (tertiary/aromatic N) is 1. The maximum absolute atomic E-state index is 9.97. The van der Waals surface area contributed by atoms with Crippen LogP contribution in [0.15, 0.2) is 16.8 Å². The van der Waals surface area contributed by atoms with Crippen molar-refractivity contribution in [2.75, 3.05) is 6.54 Å². The molecule has 0 radical (unpaired) electrons. The molecule has 0 spiro atoms. The predicted molar refractivity (Wildman–Crippen MR) is 30.6 cm³/mol. The average Bonchev–Trinajstić information content (AvgIpc) is 1.90. The van der Waals surface area contributed by atoms with Crippen molar-refractivity contribution in [1.29, 1.82) is 0 Å². The Balaban J connectivity index is 2.55. The highest BCUT2D eigenvalue weighted by Gasteiger charge is 1.91. The number of hydrogen-bond acceptors (Lipinski definition) is 3. The number of hydrogen-bond donors (Lipinski definition) is 1. The molecule has 0 aliphatic carbocycles. The van der Waals surface area contributed by atoms with E-state index < -0.39 is 0 Å². The van der Waals surface area contributed by atoms with Crippen molar-refractivity contribution in [3.63, 3.8) is 0 Å². The van der Waals surface area contributed by atoms with Gasteiger partial charge in [0, 0.05) is 0 Å². The number of carbonyl (C=O) groups is 1. The summed E-state index contributed by atoms with van der Waals surface area (Å²) in [5.74, 6) is 0. The van der Waals surface area contributed by atoms with Crippen LogP contribution in [0, 0.1) is 0 Å². The Morgan fingerprint density at radius 1 is 1.88 bits per heavy atom. The van der Waals surface area contributed by atoms with Crippen molar-refractivity contribution in [3.05, 3.63) is 11.8 Å². The molecule has 0 aromatic heterocycles. The van der Waals surface area contributed by atoms with Crippen LogP contribution in [0.4, 0.5) is 0 Å². The molecule has 0 saturated carbocycles. The minimum absolute atomic E-state index is 0.597. The number of allylic oxidation sites excluding steroid dienone is 1. The molecule has 0 amide bonds. The van der Waals surface area contributed by atoms with E-state index in [4.69, 9.17) is 0 Å². The lowest BCUT2D eigenvalue weighted by molar-refractivity contribution is -0.105. The smallest absolute Gasteiger partial charge is 0.166 e. The zero-order chi connectivity index (χ0) is 5.82. The van der Waals surface area contributed by atoms with Gasteiger partial charge in [0.15, 0.2) is 6.29 Å². The summed E-state index contributed by atoms with van der Waals surface area (Å²) in [5, 5.41) is 2.67. The quantitative estimate of drug-likeness (QED) is 0.471. The highest BCUT2D eigenvalue weighted by molar-refractivity contribution is 5.79. The van der Waals surface area contributed by atoms with E-state index in [1.807, 2.05) is 0 Å². The SMILES string of the molecule is O=CC1=CCN=CN1. The molecule has 0 unspecified atom stereocenters. The van der Waals surface area contributed by atoms with Gasteiger partial charge >= 0.3 is 0 Å². The molecule has 0 aromatic rings. The van der Waals surface area contributed by atoms with Gasteiger partial charge in [0.2, 0.25) is 0 Å². The Hall–Kier alpha value is -1.12. The third-order valence-electron chi connectivity index (χ3n) is 0.866. The second-order valence-corrected chi connectivity index (χ2v) is 1.42. The van der Waals surface area contributed by atoms with Gasteiger partial charge in [0.25, 0.3) is 0 Å². The third-order valence-corrected chi connectivity index (χ3v) is 0.866. The Bertz CT molecular complexity index is 149. The van der Waals surface area contributed by atoms with Crippen LogP contribution < -0.4 is 5.32 Å². The lowest BCUT2D eigenvalue weighted by atomic mass is 10.4. The first-order valence-corrected chi connectivity index (χ1v) is 2.33. The lowest BCUT2D eigenvalue weighted by Crippen LogP contribution is -2.15. The van der Waals surface area contributed by atoms with Gasteiger partial charge < -0.3 is 5.32 Å². The van der Waals surface area contributed by atoms with Crippen molar-refractivity contribution in [3.8, 4) is 0 Å². The van der Waals surface area contributed by atoms with Crippen molar-refractivity contribution in [1.82, 2.24) is 5.32 Å². The Morgan fingerprint density at radius 3 is 3.12 bits per heavy atom. The minimum atomic E-state index is 0.597. The molecular formula is C5H6N2O. The van der Waals surface area contributed by atoms with E-state index >= 15 is 0 Å². The van der Waals surface area contributed by atoms with Crippen LogP contribution in [0.1, 0.15) is 0 Å². The van der Waals surface area contributed by atoms with Gasteiger partial charge in [-0.3, -0.25) is 9.79 Å². The molecule has 1 rings (SSSR count). The first-order chi connectivity index (χ1) is 3.93. The summed E-state index contributed by atoms with van der Waals surface area (Å²) in [5.41, 5.74) is 0.597. The number of carbonyl (C=O) groups excluding carboxylic acids is 1. The van der Waals surface area contributed by atoms with E-state index in [0.29, 0.717) is 12.2 Å². The first-order valence-electron chi connectivity index (χ1n) is 2.33. The van der Waals surface area contributed by atoms with Gasteiger partial charge in [-0.25, -0.2) is 0 Å². The fourth-order valence-corrected chi connectivity index (χ4v) is 0.465. The first kappa shape index (κ1) is 5.03. The molecule has 0 bridgehead atoms. The van der Waals surface area contributed by atoms with E-state index in [0.717, 1.165) is 6.29 Å². The largest absolute Gasteiger partial charge is 0.344 e. The lowest BCUT2D eigenvalue weighted by Gasteiger charge is -2.00. The van der Waals surface area contributed by atoms with Crippen molar-refractivity contribution >= 4 is 12.6 Å². The Labute approximate surface area is 47.1 Å². The van der Waals surface area contributed by atoms with Crippen LogP contribution in [-0.4, -0.2) is 19.2 Å². The molecule has 0 aromatic carbocycles. The standard InChI is InChI=1S/C5H6N2O/c8-3-5-1-2-6-4-7-5/h1,3-4H,2H2,(H,6,7). The van der Waals surface area contributed by atoms with Gasteiger partial charge in [-0.1, -0.05) is 0 Å². The van der Waals surface area contributed by atoms with Crippen molar-refractivity contribution in [2.24, 2.45) is 4.99 Å². The van der Waals surface area contributed by atoms with E-state index in [1.165, 1.54) is 6.34 Å². The van der Waals surface area contributed by atoms with Gasteiger partial charge in [0.1, 0.15) is 0 Å². The van der Waals surface area contributed by atoms with Crippen molar-refractivity contribution in [2.45, 2.75) is 0 Å². The predicted octanol–water partition coefficient (Wildman–Crippen LogP) is -0.299. The molecule has 1 N–H and O–H groups in total. The summed E-state index contributed by atoms with van der Waals surface area (Å²) in [4.78, 5) is 13.8. The Kier molecular flexibility index (Phi) is 1.42. The van der Waals surface area contributed by atoms with Crippen LogP contribution in [-0.2, 0) is 4.79 Å². The van der Waals surface area contributed by atoms with Gasteiger partial charge in [-0.05, 0) is 6.08 Å². The summed E-state index contributed by atoms with van der Waals surface area (Å²) in [6.07, 6.45) is 4.02. The maximum Gasteiger partial charge on any atom is 0.166 e. The summed E-state index contributed by atoms with van der Waals surface area (Å²) in [6.45, 7) is 0.612. The van der Waals surface area contributed by atoms with Crippen LogP contribution in [0.3, 0.4) is 0 Å². The van der Waals surface area contributed by atoms with Crippen LogP contribution in [0.5, 0.6) is 0 Å². The Morgan fingerprint density at radius 2 is 2.75 bits per heavy atom. The molecule has 1 heterocycles. The average molecular weight is 110 g/mol. The van der Waals surface area contributed by atoms with Gasteiger partial charge in [-0.15, -0.1) is 0 Å². The van der Waals surface area contributed by atoms with E-state index in [-0.39, 0.29) is 0 Å². The molecule has 1 aliphatic heterocycles. The highest BCUT2D eigenvalue weighted by Crippen LogP contribution is 1.86. The summed E-state index contributed by atoms with van der Waals surface area (Å²) >= 11 is 0. The van der Waals surface area contributed by atoms with Crippen LogP contribution in [0.25, 0.3) is 0 Å². The fraction of sp³-hybridized carbons (Fsp3) is 0.200. The molecule has 0 saturated heterocycles. The zero-order valence-electron chi connectivity index (χ0n) is 4.29. The second kappa shape index (κ2) is 2.26. The summed E-state index contributed by atoms with van der Waals surface area (Å²) in [7, 11) is 0. The molecule has 8 heavy (non-hydrogen) atoms. The molecular weight excluding hydrogens is 104 g/mol. The minimum Gasteiger partial charge on any atom is -0.344 e. The second-order valence-electron chi connectivity index (χ2n) is 1.42. The molecule has 1 aliphatic rings. The fourth-order valence-electron chi connectivity index (χ4n) is 0.465. The number of aliphatic imine (C=N–C) groups is 1. The number of aldehydes is 1. The number of rotatable bonds is 1. The highest BCUT2D eigenvalue weighted by atomic mass is 16.1. The number of nitrogens with one attached hydrogen (secondary N) is 1. The van der Waals surface area contributed by atoms with E-state index in [1.54, 1.807) is 6.08 Å². The molecule has 0 fully saturated rings. The zero-order valence-corrected chi connectivity index (χ0v) is 4.29. The molecule has 3 nitrogen and oxygen atoms in total. The van der Waals surface area contributed by atoms with Gasteiger partial charge in [0.05, 0.1) is 18.6 Å². The normalized spacial score (nSPS) is 16.8. The molecule has 3 heteroatoms. The molecule has 42 valence electrons. The van der Waals surface area contributed by atoms with Crippen LogP contribution in [0.2, 0.25) is 0 Å². The van der Waals surface area contributed by atoms with E-state index in [2.05, 4.69) is 10.3 Å². The van der Waals surface area contributed by atoms with Crippen molar-refractivity contribution < 1.29 is 4.79 Å². The van der Waals surface area contributed by atoms with Crippen LogP contribution >= 0.6 is 0 Å². The van der Waals surface area contributed by atoms with E-state index in [9.17, 15) is 4.79 Å². The molecule has 0 atom stereocenters. The topological polar surface area (TPSA) is 41.5 Å². The van der Waals surface area contributed by atoms with Gasteiger partial charge in [-0.2, -0.15) is 0 Å².